The van der Waals surface area contributed by atoms with E-state index in [1.54, 1.807) is 30.4 Å². The summed E-state index contributed by atoms with van der Waals surface area (Å²) in [5.41, 5.74) is 1.16. The van der Waals surface area contributed by atoms with Gasteiger partial charge in [0.15, 0.2) is 11.2 Å². The zero-order valence-electron chi connectivity index (χ0n) is 16.7. The van der Waals surface area contributed by atoms with Crippen LogP contribution in [0.15, 0.2) is 29.6 Å². The zero-order chi connectivity index (χ0) is 20.2. The number of anilines is 1. The fourth-order valence-electron chi connectivity index (χ4n) is 3.85. The molecule has 1 atom stereocenters. The maximum atomic E-state index is 12.8. The van der Waals surface area contributed by atoms with Crippen LogP contribution >= 0.6 is 22.9 Å². The fraction of sp³-hybridized carbons (Fsp3) is 0.524. The molecule has 2 aliphatic heterocycles. The number of amides is 1. The number of halogens is 1. The minimum absolute atomic E-state index is 0.0125. The summed E-state index contributed by atoms with van der Waals surface area (Å²) in [7, 11) is 0. The monoisotopic (exact) mass is 434 g/mol. The Morgan fingerprint density at radius 2 is 1.97 bits per heavy atom. The number of likely N-dealkylation sites (tertiary alicyclic amines) is 1. The molecule has 0 unspecified atom stereocenters. The average molecular weight is 435 g/mol. The highest BCUT2D eigenvalue weighted by Crippen LogP contribution is 2.24. The summed E-state index contributed by atoms with van der Waals surface area (Å²) in [5.74, 6) is 0.629. The third-order valence-corrected chi connectivity index (χ3v) is 6.63. The maximum absolute atomic E-state index is 12.8. The Morgan fingerprint density at radius 3 is 2.69 bits per heavy atom. The molecule has 29 heavy (non-hydrogen) atoms. The molecule has 0 spiro atoms. The van der Waals surface area contributed by atoms with Crippen molar-refractivity contribution in [1.29, 1.82) is 0 Å². The van der Waals surface area contributed by atoms with Crippen molar-refractivity contribution in [3.05, 3.63) is 40.4 Å². The van der Waals surface area contributed by atoms with Gasteiger partial charge >= 0.3 is 0 Å². The highest BCUT2D eigenvalue weighted by Gasteiger charge is 2.27. The van der Waals surface area contributed by atoms with Crippen molar-refractivity contribution in [3.8, 4) is 5.75 Å². The SMILES string of the molecule is C[C@@H](Oc1cccc(Cl)c1)C(=O)N1CCN(c2nc(CN3CCCC3)cs2)CC1. The van der Waals surface area contributed by atoms with Gasteiger partial charge in [-0.25, -0.2) is 4.98 Å². The van der Waals surface area contributed by atoms with Gasteiger partial charge in [0.2, 0.25) is 0 Å². The van der Waals surface area contributed by atoms with E-state index in [2.05, 4.69) is 15.2 Å². The van der Waals surface area contributed by atoms with Gasteiger partial charge in [0.25, 0.3) is 5.91 Å². The number of carbonyl (C=O) groups excluding carboxylic acids is 1. The van der Waals surface area contributed by atoms with Crippen molar-refractivity contribution in [3.63, 3.8) is 0 Å². The van der Waals surface area contributed by atoms with Crippen molar-refractivity contribution < 1.29 is 9.53 Å². The van der Waals surface area contributed by atoms with Gasteiger partial charge in [0.1, 0.15) is 5.75 Å². The second kappa shape index (κ2) is 9.32. The van der Waals surface area contributed by atoms with Crippen molar-refractivity contribution >= 4 is 34.0 Å². The highest BCUT2D eigenvalue weighted by molar-refractivity contribution is 7.13. The number of thiazole rings is 1. The molecule has 2 aromatic rings. The predicted octanol–water partition coefficient (Wildman–Crippen LogP) is 3.51. The molecule has 4 rings (SSSR count). The Labute approximate surface area is 181 Å². The maximum Gasteiger partial charge on any atom is 0.263 e. The molecular formula is C21H27ClN4O2S. The van der Waals surface area contributed by atoms with Crippen molar-refractivity contribution in [2.24, 2.45) is 0 Å². The average Bonchev–Trinajstić information content (AvgIpc) is 3.40. The minimum atomic E-state index is -0.535. The molecule has 1 amide bonds. The van der Waals surface area contributed by atoms with Crippen LogP contribution in [0.4, 0.5) is 5.13 Å². The Bertz CT molecular complexity index is 832. The number of carbonyl (C=O) groups is 1. The topological polar surface area (TPSA) is 48.9 Å². The first kappa shape index (κ1) is 20.4. The first-order valence-corrected chi connectivity index (χ1v) is 11.5. The number of benzene rings is 1. The van der Waals surface area contributed by atoms with Gasteiger partial charge in [-0.2, -0.15) is 0 Å². The van der Waals surface area contributed by atoms with Crippen LogP contribution in [0.1, 0.15) is 25.5 Å². The second-order valence-corrected chi connectivity index (χ2v) is 8.91. The highest BCUT2D eigenvalue weighted by atomic mass is 35.5. The van der Waals surface area contributed by atoms with E-state index in [4.69, 9.17) is 21.3 Å². The number of nitrogens with zero attached hydrogens (tertiary/aromatic N) is 4. The molecular weight excluding hydrogens is 408 g/mol. The molecule has 3 heterocycles. The number of aromatic nitrogens is 1. The van der Waals surface area contributed by atoms with Gasteiger partial charge in [-0.1, -0.05) is 17.7 Å². The van der Waals surface area contributed by atoms with Crippen molar-refractivity contribution in [2.45, 2.75) is 32.4 Å². The number of hydrogen-bond donors (Lipinski definition) is 0. The third-order valence-electron chi connectivity index (χ3n) is 5.44. The lowest BCUT2D eigenvalue weighted by Crippen LogP contribution is -2.52. The van der Waals surface area contributed by atoms with E-state index >= 15 is 0 Å². The van der Waals surface area contributed by atoms with E-state index in [0.29, 0.717) is 23.9 Å². The van der Waals surface area contributed by atoms with Crippen LogP contribution in [0.5, 0.6) is 5.75 Å². The van der Waals surface area contributed by atoms with Crippen LogP contribution in [0, 0.1) is 0 Å². The summed E-state index contributed by atoms with van der Waals surface area (Å²) in [4.78, 5) is 24.2. The van der Waals surface area contributed by atoms with Gasteiger partial charge in [-0.05, 0) is 51.1 Å². The lowest BCUT2D eigenvalue weighted by atomic mass is 10.2. The van der Waals surface area contributed by atoms with Gasteiger partial charge < -0.3 is 14.5 Å². The van der Waals surface area contributed by atoms with Crippen LogP contribution in [0.25, 0.3) is 0 Å². The standard InChI is InChI=1S/C21H27ClN4O2S/c1-16(28-19-6-4-5-17(22)13-19)20(27)25-9-11-26(12-10-25)21-23-18(15-29-21)14-24-7-2-3-8-24/h4-6,13,15-16H,2-3,7-12,14H2,1H3/t16-/m1/s1. The van der Waals surface area contributed by atoms with Crippen molar-refractivity contribution in [2.75, 3.05) is 44.2 Å². The summed E-state index contributed by atoms with van der Waals surface area (Å²) in [6, 6.07) is 7.15. The van der Waals surface area contributed by atoms with E-state index in [9.17, 15) is 4.79 Å². The van der Waals surface area contributed by atoms with E-state index in [0.717, 1.165) is 30.5 Å². The Kier molecular flexibility index (Phi) is 6.57. The number of piperazine rings is 1. The fourth-order valence-corrected chi connectivity index (χ4v) is 4.90. The van der Waals surface area contributed by atoms with Crippen LogP contribution in [-0.2, 0) is 11.3 Å². The van der Waals surface area contributed by atoms with E-state index in [-0.39, 0.29) is 5.91 Å². The first-order chi connectivity index (χ1) is 14.1. The minimum Gasteiger partial charge on any atom is -0.481 e. The largest absolute Gasteiger partial charge is 0.481 e. The summed E-state index contributed by atoms with van der Waals surface area (Å²) in [6.45, 7) is 8.07. The third kappa shape index (κ3) is 5.21. The molecule has 2 saturated heterocycles. The first-order valence-electron chi connectivity index (χ1n) is 10.2. The number of ether oxygens (including phenoxy) is 1. The van der Waals surface area contributed by atoms with Gasteiger partial charge in [-0.15, -0.1) is 11.3 Å². The van der Waals surface area contributed by atoms with Crippen LogP contribution in [0.2, 0.25) is 5.02 Å². The Balaban J connectivity index is 1.27. The molecule has 0 N–H and O–H groups in total. The molecule has 6 nitrogen and oxygen atoms in total. The van der Waals surface area contributed by atoms with Gasteiger partial charge in [0.05, 0.1) is 5.69 Å². The summed E-state index contributed by atoms with van der Waals surface area (Å²) in [6.07, 6.45) is 2.06. The molecule has 2 aliphatic rings. The second-order valence-electron chi connectivity index (χ2n) is 7.63. The van der Waals surface area contributed by atoms with Crippen LogP contribution in [-0.4, -0.2) is 66.1 Å². The molecule has 2 fully saturated rings. The molecule has 0 saturated carbocycles. The zero-order valence-corrected chi connectivity index (χ0v) is 18.3. The Hall–Kier alpha value is -1.83. The lowest BCUT2D eigenvalue weighted by Gasteiger charge is -2.35. The quantitative estimate of drug-likeness (QED) is 0.696. The van der Waals surface area contributed by atoms with Crippen molar-refractivity contribution in [1.82, 2.24) is 14.8 Å². The van der Waals surface area contributed by atoms with E-state index in [1.807, 2.05) is 17.0 Å². The Morgan fingerprint density at radius 1 is 1.21 bits per heavy atom. The number of rotatable bonds is 6. The molecule has 0 radical (unpaired) electrons. The predicted molar refractivity (Wildman–Crippen MR) is 117 cm³/mol. The van der Waals surface area contributed by atoms with Crippen LogP contribution in [0.3, 0.4) is 0 Å². The molecule has 156 valence electrons. The van der Waals surface area contributed by atoms with E-state index < -0.39 is 6.10 Å². The molecule has 1 aromatic carbocycles. The van der Waals surface area contributed by atoms with E-state index in [1.165, 1.54) is 25.9 Å². The van der Waals surface area contributed by atoms with Crippen LogP contribution < -0.4 is 9.64 Å². The van der Waals surface area contributed by atoms with Gasteiger partial charge in [-0.3, -0.25) is 9.69 Å². The lowest BCUT2D eigenvalue weighted by molar-refractivity contribution is -0.138. The smallest absolute Gasteiger partial charge is 0.263 e. The molecule has 0 bridgehead atoms. The number of hydrogen-bond acceptors (Lipinski definition) is 6. The molecule has 0 aliphatic carbocycles. The summed E-state index contributed by atoms with van der Waals surface area (Å²) in [5, 5.41) is 3.84. The summed E-state index contributed by atoms with van der Waals surface area (Å²) < 4.78 is 5.78. The molecule has 1 aromatic heterocycles. The normalized spacial score (nSPS) is 18.8. The molecule has 8 heteroatoms. The van der Waals surface area contributed by atoms with Gasteiger partial charge in [0, 0.05) is 43.1 Å². The summed E-state index contributed by atoms with van der Waals surface area (Å²) >= 11 is 7.70.